The molecule has 84 valence electrons. The molecule has 0 saturated carbocycles. The van der Waals surface area contributed by atoms with E-state index in [-0.39, 0.29) is 5.60 Å². The maximum absolute atomic E-state index is 9.60. The lowest BCUT2D eigenvalue weighted by atomic mass is 10.2. The highest BCUT2D eigenvalue weighted by atomic mass is 16.5. The number of carbonyl (C=O) groups is 1. The molecule has 0 aromatic heterocycles. The molecule has 0 bridgehead atoms. The summed E-state index contributed by atoms with van der Waals surface area (Å²) in [6.07, 6.45) is 0. The van der Waals surface area contributed by atoms with Gasteiger partial charge < -0.3 is 15.3 Å². The molecule has 1 heterocycles. The third-order valence-electron chi connectivity index (χ3n) is 1.50. The lowest BCUT2D eigenvalue weighted by molar-refractivity contribution is -0.138. The van der Waals surface area contributed by atoms with Crippen LogP contribution in [0.4, 0.5) is 0 Å². The molecule has 1 fully saturated rings. The normalized spacial score (nSPS) is 18.0. The van der Waals surface area contributed by atoms with Crippen molar-refractivity contribution >= 4 is 6.47 Å². The third-order valence-corrected chi connectivity index (χ3v) is 1.50. The molecular weight excluding hydrogens is 184 g/mol. The zero-order valence-electron chi connectivity index (χ0n) is 9.12. The van der Waals surface area contributed by atoms with Crippen molar-refractivity contribution in [2.24, 2.45) is 0 Å². The molecule has 0 radical (unpaired) electrons. The molecule has 1 rings (SSSR count). The van der Waals surface area contributed by atoms with Crippen LogP contribution >= 0.6 is 0 Å². The third kappa shape index (κ3) is 9.44. The fraction of sp³-hybridized carbons (Fsp3) is 0.889. The predicted octanol–water partition coefficient (Wildman–Crippen LogP) is 0.239. The molecule has 0 atom stereocenters. The maximum atomic E-state index is 9.60. The topological polar surface area (TPSA) is 61.8 Å². The van der Waals surface area contributed by atoms with Gasteiger partial charge in [0.2, 0.25) is 0 Å². The molecule has 1 aliphatic heterocycles. The van der Waals surface area contributed by atoms with Crippen molar-refractivity contribution in [3.63, 3.8) is 0 Å². The molecule has 0 aliphatic carbocycles. The number of rotatable bonds is 1. The van der Waals surface area contributed by atoms with Gasteiger partial charge in [0.25, 0.3) is 6.47 Å². The molecule has 1 saturated heterocycles. The van der Waals surface area contributed by atoms with E-state index in [4.69, 9.17) is 5.21 Å². The summed E-state index contributed by atoms with van der Waals surface area (Å²) >= 11 is 0. The van der Waals surface area contributed by atoms with E-state index >= 15 is 0 Å². The second kappa shape index (κ2) is 6.75. The molecule has 5 nitrogen and oxygen atoms in total. The minimum absolute atomic E-state index is 0.318. The second-order valence-corrected chi connectivity index (χ2v) is 4.03. The number of piperazine rings is 1. The van der Waals surface area contributed by atoms with Gasteiger partial charge in [0.1, 0.15) is 5.60 Å². The van der Waals surface area contributed by atoms with Gasteiger partial charge in [-0.2, -0.15) is 5.06 Å². The Bertz CT molecular complexity index is 151. The first kappa shape index (κ1) is 13.4. The van der Waals surface area contributed by atoms with Crippen LogP contribution in [0.15, 0.2) is 0 Å². The van der Waals surface area contributed by atoms with Crippen molar-refractivity contribution in [1.82, 2.24) is 10.4 Å². The smallest absolute Gasteiger partial charge is 0.293 e. The Hall–Kier alpha value is -0.650. The van der Waals surface area contributed by atoms with E-state index in [1.54, 1.807) is 0 Å². The number of hydroxylamine groups is 2. The van der Waals surface area contributed by atoms with Crippen LogP contribution in [0.25, 0.3) is 0 Å². The summed E-state index contributed by atoms with van der Waals surface area (Å²) in [5.41, 5.74) is -0.318. The highest BCUT2D eigenvalue weighted by Crippen LogP contribution is 2.02. The molecule has 0 spiro atoms. The van der Waals surface area contributed by atoms with Crippen LogP contribution < -0.4 is 5.32 Å². The van der Waals surface area contributed by atoms with Gasteiger partial charge in [-0.15, -0.1) is 0 Å². The summed E-state index contributed by atoms with van der Waals surface area (Å²) in [6.45, 7) is 9.28. The number of carbonyl (C=O) groups excluding carboxylic acids is 1. The monoisotopic (exact) mass is 204 g/mol. The van der Waals surface area contributed by atoms with Crippen LogP contribution in [-0.2, 0) is 9.53 Å². The summed E-state index contributed by atoms with van der Waals surface area (Å²) in [5, 5.41) is 13.1. The van der Waals surface area contributed by atoms with Gasteiger partial charge in [0.05, 0.1) is 0 Å². The fourth-order valence-electron chi connectivity index (χ4n) is 0.797. The lowest BCUT2D eigenvalue weighted by Gasteiger charge is -2.19. The average Bonchev–Trinajstić information content (AvgIpc) is 2.04. The predicted molar refractivity (Wildman–Crippen MR) is 53.1 cm³/mol. The molecule has 14 heavy (non-hydrogen) atoms. The van der Waals surface area contributed by atoms with E-state index in [0.717, 1.165) is 26.2 Å². The van der Waals surface area contributed by atoms with Crippen LogP contribution in [0.5, 0.6) is 0 Å². The van der Waals surface area contributed by atoms with Crippen molar-refractivity contribution in [1.29, 1.82) is 0 Å². The quantitative estimate of drug-likeness (QED) is 0.599. The Kier molecular flexibility index (Phi) is 6.44. The molecule has 2 N–H and O–H groups in total. The molecule has 0 unspecified atom stereocenters. The highest BCUT2D eigenvalue weighted by Gasteiger charge is 2.07. The molecule has 0 amide bonds. The number of hydrogen-bond acceptors (Lipinski definition) is 5. The van der Waals surface area contributed by atoms with E-state index in [2.05, 4.69) is 10.1 Å². The maximum Gasteiger partial charge on any atom is 0.293 e. The van der Waals surface area contributed by atoms with Gasteiger partial charge in [0, 0.05) is 26.2 Å². The Morgan fingerprint density at radius 3 is 2.00 bits per heavy atom. The minimum atomic E-state index is -0.318. The zero-order valence-corrected chi connectivity index (χ0v) is 9.12. The van der Waals surface area contributed by atoms with Crippen molar-refractivity contribution in [3.05, 3.63) is 0 Å². The van der Waals surface area contributed by atoms with E-state index < -0.39 is 0 Å². The largest absolute Gasteiger partial charge is 0.462 e. The summed E-state index contributed by atoms with van der Waals surface area (Å²) in [7, 11) is 0. The van der Waals surface area contributed by atoms with Crippen molar-refractivity contribution < 1.29 is 14.7 Å². The lowest BCUT2D eigenvalue weighted by Crippen LogP contribution is -2.41. The van der Waals surface area contributed by atoms with Crippen LogP contribution in [0, 0.1) is 0 Å². The molecule has 0 aromatic rings. The first-order valence-electron chi connectivity index (χ1n) is 4.72. The van der Waals surface area contributed by atoms with E-state index in [0.29, 0.717) is 6.47 Å². The second-order valence-electron chi connectivity index (χ2n) is 4.03. The van der Waals surface area contributed by atoms with Gasteiger partial charge in [-0.25, -0.2) is 0 Å². The number of nitrogens with one attached hydrogen (secondary N) is 1. The number of hydrogen-bond donors (Lipinski definition) is 2. The van der Waals surface area contributed by atoms with Crippen LogP contribution in [0.1, 0.15) is 20.8 Å². The number of ether oxygens (including phenoxy) is 1. The first-order chi connectivity index (χ1) is 6.45. The Morgan fingerprint density at radius 1 is 1.36 bits per heavy atom. The van der Waals surface area contributed by atoms with Crippen LogP contribution in [0.2, 0.25) is 0 Å². The van der Waals surface area contributed by atoms with Gasteiger partial charge in [-0.3, -0.25) is 4.79 Å². The van der Waals surface area contributed by atoms with Crippen molar-refractivity contribution in [3.8, 4) is 0 Å². The van der Waals surface area contributed by atoms with E-state index in [1.807, 2.05) is 20.8 Å². The average molecular weight is 204 g/mol. The summed E-state index contributed by atoms with van der Waals surface area (Å²) < 4.78 is 4.55. The Morgan fingerprint density at radius 2 is 1.86 bits per heavy atom. The van der Waals surface area contributed by atoms with Crippen LogP contribution in [-0.4, -0.2) is 48.5 Å². The summed E-state index contributed by atoms with van der Waals surface area (Å²) in [5.74, 6) is 0. The molecule has 5 heteroatoms. The van der Waals surface area contributed by atoms with Gasteiger partial charge in [0.15, 0.2) is 0 Å². The van der Waals surface area contributed by atoms with Gasteiger partial charge in [-0.1, -0.05) is 0 Å². The molecule has 0 aromatic carbocycles. The van der Waals surface area contributed by atoms with Gasteiger partial charge in [-0.05, 0) is 20.8 Å². The number of nitrogens with zero attached hydrogens (tertiary/aromatic N) is 1. The van der Waals surface area contributed by atoms with Crippen molar-refractivity contribution in [2.45, 2.75) is 26.4 Å². The van der Waals surface area contributed by atoms with Gasteiger partial charge >= 0.3 is 0 Å². The molecule has 1 aliphatic rings. The molecular formula is C9H20N2O3. The Balaban J connectivity index is 0.000000241. The fourth-order valence-corrected chi connectivity index (χ4v) is 0.797. The highest BCUT2D eigenvalue weighted by molar-refractivity contribution is 5.37. The summed E-state index contributed by atoms with van der Waals surface area (Å²) in [6, 6.07) is 0. The minimum Gasteiger partial charge on any atom is -0.462 e. The van der Waals surface area contributed by atoms with E-state index in [1.165, 1.54) is 5.06 Å². The zero-order chi connectivity index (χ0) is 11.0. The Labute approximate surface area is 85.0 Å². The summed E-state index contributed by atoms with van der Waals surface area (Å²) in [4.78, 5) is 9.60. The van der Waals surface area contributed by atoms with Crippen molar-refractivity contribution in [2.75, 3.05) is 26.2 Å². The van der Waals surface area contributed by atoms with Crippen LogP contribution in [0.3, 0.4) is 0 Å². The first-order valence-corrected chi connectivity index (χ1v) is 4.72. The SMILES string of the molecule is CC(C)(C)OC=O.ON1CCNCC1. The van der Waals surface area contributed by atoms with E-state index in [9.17, 15) is 4.79 Å². The standard InChI is InChI=1S/C5H10O2.C4H10N2O/c1-5(2,3)7-4-6;7-6-3-1-5-2-4-6/h4H,1-3H3;5,7H,1-4H2.